The summed E-state index contributed by atoms with van der Waals surface area (Å²) in [6.45, 7) is 9.35. The van der Waals surface area contributed by atoms with Crippen molar-refractivity contribution in [3.05, 3.63) is 0 Å². The number of nitrogens with one attached hydrogen (secondary N) is 1. The normalized spacial score (nSPS) is 22.5. The Kier molecular flexibility index (Phi) is 5.88. The molecule has 0 aliphatic heterocycles. The minimum absolute atomic E-state index is 0.0665. The van der Waals surface area contributed by atoms with Crippen LogP contribution in [-0.2, 0) is 0 Å². The zero-order valence-corrected chi connectivity index (χ0v) is 13.7. The predicted molar refractivity (Wildman–Crippen MR) is 84.9 cm³/mol. The minimum Gasteiger partial charge on any atom is -0.394 e. The van der Waals surface area contributed by atoms with E-state index in [4.69, 9.17) is 0 Å². The molecule has 2 rings (SSSR count). The number of hydrogen-bond donors (Lipinski definition) is 2. The Balaban J connectivity index is 1.75. The van der Waals surface area contributed by atoms with Crippen molar-refractivity contribution in [2.45, 2.75) is 83.3 Å². The van der Waals surface area contributed by atoms with Gasteiger partial charge < -0.3 is 15.3 Å². The van der Waals surface area contributed by atoms with E-state index in [9.17, 15) is 5.11 Å². The van der Waals surface area contributed by atoms with E-state index in [1.807, 2.05) is 0 Å². The standard InChI is InChI=1S/C17H34N2O/c1-4-17(13-20,18-14(2)3)10-5-11-19(16-8-9-16)12-15-6-7-15/h14-16,18,20H,4-13H2,1-3H3. The van der Waals surface area contributed by atoms with Crippen LogP contribution in [0.2, 0.25) is 0 Å². The molecule has 2 N–H and O–H groups in total. The molecule has 3 nitrogen and oxygen atoms in total. The number of aliphatic hydroxyl groups is 1. The van der Waals surface area contributed by atoms with E-state index in [0.29, 0.717) is 6.04 Å². The topological polar surface area (TPSA) is 35.5 Å². The first-order valence-electron chi connectivity index (χ1n) is 8.71. The van der Waals surface area contributed by atoms with Crippen molar-refractivity contribution in [2.75, 3.05) is 19.7 Å². The van der Waals surface area contributed by atoms with Crippen molar-refractivity contribution in [3.63, 3.8) is 0 Å². The summed E-state index contributed by atoms with van der Waals surface area (Å²) in [6.07, 6.45) is 9.03. The van der Waals surface area contributed by atoms with Crippen LogP contribution < -0.4 is 5.32 Å². The Labute approximate surface area is 125 Å². The fraction of sp³-hybridized carbons (Fsp3) is 1.00. The Hall–Kier alpha value is -0.120. The lowest BCUT2D eigenvalue weighted by atomic mass is 9.90. The van der Waals surface area contributed by atoms with Gasteiger partial charge in [0.05, 0.1) is 6.61 Å². The minimum atomic E-state index is -0.0665. The molecule has 0 radical (unpaired) electrons. The maximum Gasteiger partial charge on any atom is 0.0613 e. The molecule has 1 unspecified atom stereocenters. The van der Waals surface area contributed by atoms with E-state index in [2.05, 4.69) is 31.0 Å². The fourth-order valence-corrected chi connectivity index (χ4v) is 3.32. The van der Waals surface area contributed by atoms with E-state index >= 15 is 0 Å². The van der Waals surface area contributed by atoms with Gasteiger partial charge in [-0.2, -0.15) is 0 Å². The second kappa shape index (κ2) is 7.24. The molecule has 3 heteroatoms. The zero-order valence-electron chi connectivity index (χ0n) is 13.7. The Bertz CT molecular complexity index is 281. The summed E-state index contributed by atoms with van der Waals surface area (Å²) in [6, 6.07) is 1.33. The SMILES string of the molecule is CCC(CO)(CCCN(CC1CC1)C1CC1)NC(C)C. The van der Waals surface area contributed by atoms with Crippen LogP contribution in [-0.4, -0.2) is 47.3 Å². The number of nitrogens with zero attached hydrogens (tertiary/aromatic N) is 1. The van der Waals surface area contributed by atoms with E-state index in [0.717, 1.165) is 24.8 Å². The van der Waals surface area contributed by atoms with Gasteiger partial charge in [-0.3, -0.25) is 0 Å². The number of hydrogen-bond acceptors (Lipinski definition) is 3. The quantitative estimate of drug-likeness (QED) is 0.612. The van der Waals surface area contributed by atoms with Gasteiger partial charge in [0.25, 0.3) is 0 Å². The van der Waals surface area contributed by atoms with Gasteiger partial charge in [-0.15, -0.1) is 0 Å². The second-order valence-corrected chi connectivity index (χ2v) is 7.36. The zero-order chi connectivity index (χ0) is 14.6. The second-order valence-electron chi connectivity index (χ2n) is 7.36. The lowest BCUT2D eigenvalue weighted by molar-refractivity contribution is 0.128. The molecule has 0 saturated heterocycles. The highest BCUT2D eigenvalue weighted by Crippen LogP contribution is 2.35. The molecule has 20 heavy (non-hydrogen) atoms. The largest absolute Gasteiger partial charge is 0.394 e. The van der Waals surface area contributed by atoms with Gasteiger partial charge in [0.2, 0.25) is 0 Å². The molecule has 0 amide bonds. The van der Waals surface area contributed by atoms with Gasteiger partial charge in [0, 0.05) is 24.2 Å². The molecule has 118 valence electrons. The smallest absolute Gasteiger partial charge is 0.0613 e. The average Bonchev–Trinajstić information content (AvgIpc) is 3.28. The summed E-state index contributed by atoms with van der Waals surface area (Å²) in [5.74, 6) is 0.998. The van der Waals surface area contributed by atoms with Gasteiger partial charge in [0.15, 0.2) is 0 Å². The van der Waals surface area contributed by atoms with Crippen molar-refractivity contribution < 1.29 is 5.11 Å². The van der Waals surface area contributed by atoms with Crippen molar-refractivity contribution >= 4 is 0 Å². The third kappa shape index (κ3) is 5.01. The molecule has 0 bridgehead atoms. The summed E-state index contributed by atoms with van der Waals surface area (Å²) in [7, 11) is 0. The van der Waals surface area contributed by atoms with Gasteiger partial charge in [-0.05, 0) is 57.4 Å². The highest BCUT2D eigenvalue weighted by Gasteiger charge is 2.34. The van der Waals surface area contributed by atoms with E-state index in [-0.39, 0.29) is 12.1 Å². The monoisotopic (exact) mass is 282 g/mol. The van der Waals surface area contributed by atoms with Crippen LogP contribution in [0.4, 0.5) is 0 Å². The lowest BCUT2D eigenvalue weighted by Crippen LogP contribution is -2.51. The third-order valence-corrected chi connectivity index (χ3v) is 4.93. The van der Waals surface area contributed by atoms with E-state index < -0.39 is 0 Å². The highest BCUT2D eigenvalue weighted by molar-refractivity contribution is 4.91. The van der Waals surface area contributed by atoms with E-state index in [1.54, 1.807) is 0 Å². The molecule has 0 aromatic heterocycles. The maximum absolute atomic E-state index is 9.79. The number of rotatable bonds is 11. The summed E-state index contributed by atoms with van der Waals surface area (Å²) in [5.41, 5.74) is -0.0665. The fourth-order valence-electron chi connectivity index (χ4n) is 3.32. The van der Waals surface area contributed by atoms with Crippen molar-refractivity contribution in [3.8, 4) is 0 Å². The molecule has 2 aliphatic carbocycles. The van der Waals surface area contributed by atoms with Crippen LogP contribution in [0.1, 0.15) is 65.7 Å². The predicted octanol–water partition coefficient (Wildman–Crippen LogP) is 2.78. The molecular formula is C17H34N2O. The van der Waals surface area contributed by atoms with Crippen molar-refractivity contribution in [1.29, 1.82) is 0 Å². The molecule has 0 spiro atoms. The molecule has 0 heterocycles. The summed E-state index contributed by atoms with van der Waals surface area (Å²) < 4.78 is 0. The van der Waals surface area contributed by atoms with Crippen LogP contribution >= 0.6 is 0 Å². The van der Waals surface area contributed by atoms with Crippen molar-refractivity contribution in [1.82, 2.24) is 10.2 Å². The lowest BCUT2D eigenvalue weighted by Gasteiger charge is -2.35. The summed E-state index contributed by atoms with van der Waals surface area (Å²) in [5, 5.41) is 13.4. The molecule has 0 aromatic carbocycles. The van der Waals surface area contributed by atoms with Gasteiger partial charge >= 0.3 is 0 Å². The first-order valence-corrected chi connectivity index (χ1v) is 8.71. The molecule has 2 aliphatic rings. The Morgan fingerprint density at radius 3 is 2.40 bits per heavy atom. The summed E-state index contributed by atoms with van der Waals surface area (Å²) >= 11 is 0. The number of aliphatic hydroxyl groups excluding tert-OH is 1. The van der Waals surface area contributed by atoms with Crippen molar-refractivity contribution in [2.24, 2.45) is 5.92 Å². The molecule has 2 fully saturated rings. The van der Waals surface area contributed by atoms with Crippen LogP contribution in [0.3, 0.4) is 0 Å². The first kappa shape index (κ1) is 16.3. The Morgan fingerprint density at radius 2 is 1.95 bits per heavy atom. The molecular weight excluding hydrogens is 248 g/mol. The van der Waals surface area contributed by atoms with Crippen LogP contribution in [0.25, 0.3) is 0 Å². The average molecular weight is 282 g/mol. The highest BCUT2D eigenvalue weighted by atomic mass is 16.3. The van der Waals surface area contributed by atoms with Gasteiger partial charge in [0.1, 0.15) is 0 Å². The third-order valence-electron chi connectivity index (χ3n) is 4.93. The summed E-state index contributed by atoms with van der Waals surface area (Å²) in [4.78, 5) is 2.73. The van der Waals surface area contributed by atoms with Crippen LogP contribution in [0.15, 0.2) is 0 Å². The maximum atomic E-state index is 9.79. The van der Waals surface area contributed by atoms with Crippen LogP contribution in [0, 0.1) is 5.92 Å². The molecule has 2 saturated carbocycles. The molecule has 1 atom stereocenters. The first-order chi connectivity index (χ1) is 9.58. The van der Waals surface area contributed by atoms with Crippen LogP contribution in [0.5, 0.6) is 0 Å². The van der Waals surface area contributed by atoms with Gasteiger partial charge in [-0.25, -0.2) is 0 Å². The molecule has 0 aromatic rings. The van der Waals surface area contributed by atoms with E-state index in [1.165, 1.54) is 45.2 Å². The Morgan fingerprint density at radius 1 is 1.25 bits per heavy atom. The van der Waals surface area contributed by atoms with Gasteiger partial charge in [-0.1, -0.05) is 20.8 Å².